The maximum Gasteiger partial charge on any atom is 0.208 e. The number of sulfone groups is 1. The van der Waals surface area contributed by atoms with Crippen LogP contribution in [-0.2, 0) is 16.9 Å². The highest BCUT2D eigenvalue weighted by atomic mass is 79.9. The average Bonchev–Trinajstić information content (AvgIpc) is 2.99. The van der Waals surface area contributed by atoms with Crippen molar-refractivity contribution >= 4 is 42.4 Å². The molecule has 0 spiro atoms. The number of aryl methyl sites for hydroxylation is 1. The van der Waals surface area contributed by atoms with Crippen molar-refractivity contribution < 1.29 is 8.42 Å². The van der Waals surface area contributed by atoms with Gasteiger partial charge >= 0.3 is 0 Å². The third-order valence-electron chi connectivity index (χ3n) is 4.83. The number of benzene rings is 2. The van der Waals surface area contributed by atoms with Gasteiger partial charge in [-0.15, -0.1) is 0 Å². The highest BCUT2D eigenvalue weighted by Crippen LogP contribution is 2.32. The van der Waals surface area contributed by atoms with Crippen LogP contribution in [-0.4, -0.2) is 39.2 Å². The first-order chi connectivity index (χ1) is 12.5. The summed E-state index contributed by atoms with van der Waals surface area (Å²) in [7, 11) is -1.72. The Morgan fingerprint density at radius 2 is 1.73 bits per heavy atom. The largest absolute Gasteiger partial charge is 0.369 e. The lowest BCUT2D eigenvalue weighted by Gasteiger charge is -2.29. The molecule has 1 aliphatic heterocycles. The van der Waals surface area contributed by atoms with E-state index >= 15 is 0 Å². The number of anilines is 1. The van der Waals surface area contributed by atoms with Crippen molar-refractivity contribution in [2.45, 2.75) is 9.79 Å². The molecule has 2 aromatic carbocycles. The van der Waals surface area contributed by atoms with E-state index in [2.05, 4.69) is 26.1 Å². The van der Waals surface area contributed by atoms with Crippen LogP contribution in [0.4, 0.5) is 5.69 Å². The Labute approximate surface area is 161 Å². The monoisotopic (exact) mass is 433 g/mol. The van der Waals surface area contributed by atoms with Gasteiger partial charge in [-0.05, 0) is 42.5 Å². The summed E-state index contributed by atoms with van der Waals surface area (Å²) < 4.78 is 29.1. The summed E-state index contributed by atoms with van der Waals surface area (Å²) in [5.74, 6) is 0. The van der Waals surface area contributed by atoms with Gasteiger partial charge in [0.15, 0.2) is 0 Å². The normalized spacial score (nSPS) is 15.5. The highest BCUT2D eigenvalue weighted by molar-refractivity contribution is 9.10. The average molecular weight is 434 g/mol. The molecule has 0 aliphatic carbocycles. The predicted octanol–water partition coefficient (Wildman–Crippen LogP) is 3.18. The third kappa shape index (κ3) is 3.04. The van der Waals surface area contributed by atoms with Crippen LogP contribution >= 0.6 is 15.9 Å². The molecule has 0 radical (unpaired) electrons. The summed E-state index contributed by atoms with van der Waals surface area (Å²) in [6, 6.07) is 12.9. The van der Waals surface area contributed by atoms with Crippen LogP contribution in [0.5, 0.6) is 0 Å². The zero-order valence-corrected chi connectivity index (χ0v) is 16.8. The molecule has 0 unspecified atom stereocenters. The highest BCUT2D eigenvalue weighted by Gasteiger charge is 2.23. The van der Waals surface area contributed by atoms with Gasteiger partial charge in [-0.2, -0.15) is 0 Å². The first-order valence-corrected chi connectivity index (χ1v) is 10.8. The number of hydrogen-bond acceptors (Lipinski definition) is 4. The lowest BCUT2D eigenvalue weighted by Crippen LogP contribution is -2.43. The molecule has 1 saturated heterocycles. The third-order valence-corrected chi connectivity index (χ3v) is 7.12. The van der Waals surface area contributed by atoms with Crippen LogP contribution in [0.3, 0.4) is 0 Å². The van der Waals surface area contributed by atoms with Crippen molar-refractivity contribution in [3.05, 3.63) is 53.1 Å². The molecule has 1 fully saturated rings. The lowest BCUT2D eigenvalue weighted by molar-refractivity contribution is 0.588. The Hall–Kier alpha value is -1.83. The van der Waals surface area contributed by atoms with Gasteiger partial charge in [0.05, 0.1) is 9.79 Å². The van der Waals surface area contributed by atoms with Gasteiger partial charge in [0.2, 0.25) is 9.84 Å². The number of fused-ring (bicyclic) bond motifs is 1. The van der Waals surface area contributed by atoms with Crippen molar-refractivity contribution in [2.75, 3.05) is 31.1 Å². The lowest BCUT2D eigenvalue weighted by atomic mass is 10.2. The smallest absolute Gasteiger partial charge is 0.208 e. The van der Waals surface area contributed by atoms with Crippen LogP contribution in [0.15, 0.2) is 62.9 Å². The summed E-state index contributed by atoms with van der Waals surface area (Å²) in [5, 5.41) is 4.05. The molecule has 4 rings (SSSR count). The molecule has 1 aliphatic rings. The molecular weight excluding hydrogens is 414 g/mol. The molecule has 5 nitrogen and oxygen atoms in total. The Morgan fingerprint density at radius 3 is 2.42 bits per heavy atom. The Bertz CT molecular complexity index is 1050. The second-order valence-corrected chi connectivity index (χ2v) is 9.33. The Morgan fingerprint density at radius 1 is 1.04 bits per heavy atom. The van der Waals surface area contributed by atoms with Crippen LogP contribution < -0.4 is 10.2 Å². The molecule has 136 valence electrons. The van der Waals surface area contributed by atoms with E-state index in [1.807, 2.05) is 41.9 Å². The van der Waals surface area contributed by atoms with E-state index in [1.54, 1.807) is 18.3 Å². The number of nitrogens with zero attached hydrogens (tertiary/aromatic N) is 2. The minimum absolute atomic E-state index is 0.323. The summed E-state index contributed by atoms with van der Waals surface area (Å²) in [6.07, 6.45) is 1.69. The van der Waals surface area contributed by atoms with Crippen molar-refractivity contribution in [1.82, 2.24) is 9.88 Å². The van der Waals surface area contributed by atoms with Crippen LogP contribution in [0.1, 0.15) is 0 Å². The fourth-order valence-electron chi connectivity index (χ4n) is 3.43. The molecule has 26 heavy (non-hydrogen) atoms. The molecule has 1 N–H and O–H groups in total. The molecule has 0 atom stereocenters. The number of hydrogen-bond donors (Lipinski definition) is 1. The van der Waals surface area contributed by atoms with E-state index in [9.17, 15) is 8.42 Å². The van der Waals surface area contributed by atoms with E-state index in [4.69, 9.17) is 0 Å². The predicted molar refractivity (Wildman–Crippen MR) is 108 cm³/mol. The van der Waals surface area contributed by atoms with Gasteiger partial charge < -0.3 is 14.8 Å². The SMILES string of the molecule is Cn1cc(S(=O)(=O)c2ccc(N3CCNCC3)cc2)c2cc(Br)ccc21. The Balaban J connectivity index is 1.74. The topological polar surface area (TPSA) is 54.3 Å². The summed E-state index contributed by atoms with van der Waals surface area (Å²) in [5.41, 5.74) is 1.95. The molecule has 1 aromatic heterocycles. The quantitative estimate of drug-likeness (QED) is 0.688. The first kappa shape index (κ1) is 17.6. The van der Waals surface area contributed by atoms with Gasteiger partial charge in [-0.25, -0.2) is 8.42 Å². The second-order valence-electron chi connectivity index (χ2n) is 6.50. The fraction of sp³-hybridized carbons (Fsp3) is 0.263. The number of rotatable bonds is 3. The second kappa shape index (κ2) is 6.72. The Kier molecular flexibility index (Phi) is 4.54. The van der Waals surface area contributed by atoms with Crippen LogP contribution in [0.2, 0.25) is 0 Å². The standard InChI is InChI=1S/C19H20BrN3O2S/c1-22-13-19(17-12-14(20)2-7-18(17)22)26(24,25)16-5-3-15(4-6-16)23-10-8-21-9-11-23/h2-7,12-13,21H,8-11H2,1H3. The van der Waals surface area contributed by atoms with Crippen LogP contribution in [0, 0.1) is 0 Å². The van der Waals surface area contributed by atoms with Crippen molar-refractivity contribution in [3.8, 4) is 0 Å². The van der Waals surface area contributed by atoms with E-state index in [1.165, 1.54) is 0 Å². The fourth-order valence-corrected chi connectivity index (χ4v) is 5.29. The maximum atomic E-state index is 13.2. The zero-order chi connectivity index (χ0) is 18.3. The molecular formula is C19H20BrN3O2S. The zero-order valence-electron chi connectivity index (χ0n) is 14.4. The van der Waals surface area contributed by atoms with Gasteiger partial charge in [-0.1, -0.05) is 15.9 Å². The van der Waals surface area contributed by atoms with Crippen molar-refractivity contribution in [3.63, 3.8) is 0 Å². The number of halogens is 1. The summed E-state index contributed by atoms with van der Waals surface area (Å²) in [4.78, 5) is 2.93. The first-order valence-electron chi connectivity index (χ1n) is 8.52. The number of aromatic nitrogens is 1. The molecule has 0 saturated carbocycles. The summed E-state index contributed by atoms with van der Waals surface area (Å²) >= 11 is 3.44. The van der Waals surface area contributed by atoms with E-state index < -0.39 is 9.84 Å². The minimum atomic E-state index is -3.58. The number of piperazine rings is 1. The number of nitrogens with one attached hydrogen (secondary N) is 1. The molecule has 0 amide bonds. The molecule has 0 bridgehead atoms. The van der Waals surface area contributed by atoms with E-state index in [0.29, 0.717) is 9.79 Å². The molecule has 7 heteroatoms. The summed E-state index contributed by atoms with van der Waals surface area (Å²) in [6.45, 7) is 3.77. The van der Waals surface area contributed by atoms with Gasteiger partial charge in [0.25, 0.3) is 0 Å². The van der Waals surface area contributed by atoms with Gasteiger partial charge in [0, 0.05) is 60.5 Å². The van der Waals surface area contributed by atoms with E-state index in [-0.39, 0.29) is 0 Å². The molecule has 3 aromatic rings. The van der Waals surface area contributed by atoms with E-state index in [0.717, 1.165) is 47.2 Å². The molecule has 2 heterocycles. The van der Waals surface area contributed by atoms with Crippen molar-refractivity contribution in [1.29, 1.82) is 0 Å². The van der Waals surface area contributed by atoms with Crippen LogP contribution in [0.25, 0.3) is 10.9 Å². The van der Waals surface area contributed by atoms with Gasteiger partial charge in [0.1, 0.15) is 0 Å². The maximum absolute atomic E-state index is 13.2. The van der Waals surface area contributed by atoms with Gasteiger partial charge in [-0.3, -0.25) is 0 Å². The minimum Gasteiger partial charge on any atom is -0.369 e. The van der Waals surface area contributed by atoms with Crippen molar-refractivity contribution in [2.24, 2.45) is 7.05 Å².